The lowest BCUT2D eigenvalue weighted by molar-refractivity contribution is 0.0791. The third-order valence-electron chi connectivity index (χ3n) is 5.02. The minimum Gasteiger partial charge on any atom is -0.350 e. The second-order valence-corrected chi connectivity index (χ2v) is 9.18. The molecule has 0 spiro atoms. The average Bonchev–Trinajstić information content (AvgIpc) is 2.67. The summed E-state index contributed by atoms with van der Waals surface area (Å²) in [6.07, 6.45) is 5.11. The molecule has 0 radical (unpaired) electrons. The number of amides is 1. The van der Waals surface area contributed by atoms with Crippen LogP contribution >= 0.6 is 0 Å². The Morgan fingerprint density at radius 1 is 1.25 bits per heavy atom. The number of nitrogens with one attached hydrogen (secondary N) is 2. The van der Waals surface area contributed by atoms with E-state index in [2.05, 4.69) is 46.7 Å². The number of likely N-dealkylation sites (N-methyl/N-ethyl adjacent to an activating group) is 1. The summed E-state index contributed by atoms with van der Waals surface area (Å²) in [5, 5.41) is 2.97. The van der Waals surface area contributed by atoms with E-state index in [-0.39, 0.29) is 23.4 Å². The van der Waals surface area contributed by atoms with Gasteiger partial charge in [-0.3, -0.25) is 9.69 Å². The van der Waals surface area contributed by atoms with Gasteiger partial charge in [0, 0.05) is 44.3 Å². The average molecular weight is 407 g/mol. The van der Waals surface area contributed by atoms with E-state index in [1.807, 2.05) is 0 Å². The summed E-state index contributed by atoms with van der Waals surface area (Å²) in [5.74, 6) is 2.34. The molecule has 8 heteroatoms. The smallest absolute Gasteiger partial charge is 0.251 e. The van der Waals surface area contributed by atoms with Crippen molar-refractivity contribution in [3.05, 3.63) is 29.8 Å². The monoisotopic (exact) mass is 406 g/mol. The van der Waals surface area contributed by atoms with Gasteiger partial charge in [-0.15, -0.1) is 6.42 Å². The van der Waals surface area contributed by atoms with Crippen LogP contribution in [0.4, 0.5) is 0 Å². The standard InChI is InChI=1S/C20H30N4O3S/c1-5-9-22-28(26,27)18-8-6-7-17(14-18)20(25)21-15-19(16(2)3)24-12-10-23(4)11-13-24/h1,6-8,14,16,19,22H,9-13,15H2,2-4H3,(H,21,25). The van der Waals surface area contributed by atoms with Crippen molar-refractivity contribution in [3.8, 4) is 12.3 Å². The molecule has 7 nitrogen and oxygen atoms in total. The highest BCUT2D eigenvalue weighted by Crippen LogP contribution is 2.14. The minimum absolute atomic E-state index is 0.0230. The van der Waals surface area contributed by atoms with E-state index >= 15 is 0 Å². The molecule has 0 aliphatic carbocycles. The Morgan fingerprint density at radius 2 is 1.93 bits per heavy atom. The van der Waals surface area contributed by atoms with Gasteiger partial charge in [-0.2, -0.15) is 4.72 Å². The van der Waals surface area contributed by atoms with E-state index in [0.717, 1.165) is 26.2 Å². The van der Waals surface area contributed by atoms with E-state index < -0.39 is 10.0 Å². The molecule has 1 aliphatic heterocycles. The number of nitrogens with zero attached hydrogens (tertiary/aromatic N) is 2. The Labute approximate surface area is 168 Å². The Balaban J connectivity index is 2.04. The zero-order chi connectivity index (χ0) is 20.7. The first-order chi connectivity index (χ1) is 13.2. The molecule has 1 unspecified atom stereocenters. The Bertz CT molecular complexity index is 809. The van der Waals surface area contributed by atoms with E-state index in [9.17, 15) is 13.2 Å². The van der Waals surface area contributed by atoms with Crippen LogP contribution in [0.1, 0.15) is 24.2 Å². The van der Waals surface area contributed by atoms with Crippen LogP contribution < -0.4 is 10.0 Å². The van der Waals surface area contributed by atoms with E-state index in [0.29, 0.717) is 18.0 Å². The number of piperazine rings is 1. The molecule has 1 saturated heterocycles. The van der Waals surface area contributed by atoms with Crippen molar-refractivity contribution in [2.24, 2.45) is 5.92 Å². The van der Waals surface area contributed by atoms with Crippen molar-refractivity contribution in [3.63, 3.8) is 0 Å². The van der Waals surface area contributed by atoms with Gasteiger partial charge < -0.3 is 10.2 Å². The molecule has 0 saturated carbocycles. The van der Waals surface area contributed by atoms with Crippen LogP contribution in [-0.4, -0.2) is 76.5 Å². The van der Waals surface area contributed by atoms with Crippen molar-refractivity contribution in [2.45, 2.75) is 24.8 Å². The molecule has 1 fully saturated rings. The summed E-state index contributed by atoms with van der Waals surface area (Å²) < 4.78 is 26.7. The summed E-state index contributed by atoms with van der Waals surface area (Å²) in [7, 11) is -1.62. The molecule has 0 aromatic heterocycles. The molecule has 0 bridgehead atoms. The zero-order valence-electron chi connectivity index (χ0n) is 16.8. The van der Waals surface area contributed by atoms with Gasteiger partial charge in [-0.1, -0.05) is 25.8 Å². The predicted octanol–water partition coefficient (Wildman–Crippen LogP) is 0.600. The highest BCUT2D eigenvalue weighted by atomic mass is 32.2. The number of terminal acetylenes is 1. The molecule has 1 aromatic carbocycles. The quantitative estimate of drug-likeness (QED) is 0.618. The molecular weight excluding hydrogens is 376 g/mol. The van der Waals surface area contributed by atoms with Crippen LogP contribution in [-0.2, 0) is 10.0 Å². The fourth-order valence-corrected chi connectivity index (χ4v) is 4.24. The van der Waals surface area contributed by atoms with E-state index in [1.165, 1.54) is 12.1 Å². The summed E-state index contributed by atoms with van der Waals surface area (Å²) in [4.78, 5) is 17.3. The van der Waals surface area contributed by atoms with E-state index in [1.54, 1.807) is 12.1 Å². The van der Waals surface area contributed by atoms with Crippen LogP contribution in [0, 0.1) is 18.3 Å². The minimum atomic E-state index is -3.73. The fraction of sp³-hybridized carbons (Fsp3) is 0.550. The molecule has 1 aromatic rings. The highest BCUT2D eigenvalue weighted by molar-refractivity contribution is 7.89. The number of carbonyl (C=O) groups is 1. The summed E-state index contributed by atoms with van der Waals surface area (Å²) in [6, 6.07) is 6.21. The number of hydrogen-bond acceptors (Lipinski definition) is 5. The topological polar surface area (TPSA) is 81.7 Å². The summed E-state index contributed by atoms with van der Waals surface area (Å²) in [5.41, 5.74) is 0.310. The first kappa shape index (κ1) is 22.4. The molecular formula is C20H30N4O3S. The molecule has 1 heterocycles. The maximum Gasteiger partial charge on any atom is 0.251 e. The lowest BCUT2D eigenvalue weighted by Gasteiger charge is -2.39. The van der Waals surface area contributed by atoms with Crippen LogP contribution in [0.5, 0.6) is 0 Å². The van der Waals surface area contributed by atoms with Gasteiger partial charge in [-0.25, -0.2) is 8.42 Å². The molecule has 154 valence electrons. The highest BCUT2D eigenvalue weighted by Gasteiger charge is 2.25. The number of sulfonamides is 1. The second kappa shape index (κ2) is 10.0. The third kappa shape index (κ3) is 6.04. The second-order valence-electron chi connectivity index (χ2n) is 7.42. The molecule has 2 N–H and O–H groups in total. The Morgan fingerprint density at radius 3 is 2.54 bits per heavy atom. The largest absolute Gasteiger partial charge is 0.350 e. The molecule has 28 heavy (non-hydrogen) atoms. The SMILES string of the molecule is C#CCNS(=O)(=O)c1cccc(C(=O)NCC(C(C)C)N2CCN(C)CC2)c1. The van der Waals surface area contributed by atoms with Crippen molar-refractivity contribution < 1.29 is 13.2 Å². The first-order valence-electron chi connectivity index (χ1n) is 9.48. The number of hydrogen-bond donors (Lipinski definition) is 2. The summed E-state index contributed by atoms with van der Waals surface area (Å²) in [6.45, 7) is 8.71. The van der Waals surface area contributed by atoms with Crippen LogP contribution in [0.3, 0.4) is 0 Å². The third-order valence-corrected chi connectivity index (χ3v) is 6.42. The van der Waals surface area contributed by atoms with Gasteiger partial charge >= 0.3 is 0 Å². The lowest BCUT2D eigenvalue weighted by atomic mass is 10.0. The maximum absolute atomic E-state index is 12.6. The fourth-order valence-electron chi connectivity index (χ4n) is 3.26. The van der Waals surface area contributed by atoms with E-state index in [4.69, 9.17) is 6.42 Å². The normalized spacial score (nSPS) is 17.2. The van der Waals surface area contributed by atoms with Crippen molar-refractivity contribution >= 4 is 15.9 Å². The first-order valence-corrected chi connectivity index (χ1v) is 11.0. The van der Waals surface area contributed by atoms with Crippen molar-refractivity contribution in [2.75, 3.05) is 46.3 Å². The van der Waals surface area contributed by atoms with Gasteiger partial charge in [0.25, 0.3) is 5.91 Å². The van der Waals surface area contributed by atoms with Gasteiger partial charge in [0.1, 0.15) is 0 Å². The Hall–Kier alpha value is -1.92. The van der Waals surface area contributed by atoms with Crippen molar-refractivity contribution in [1.82, 2.24) is 19.8 Å². The van der Waals surface area contributed by atoms with Crippen molar-refractivity contribution in [1.29, 1.82) is 0 Å². The molecule has 1 atom stereocenters. The number of carbonyl (C=O) groups excluding carboxylic acids is 1. The van der Waals surface area contributed by atoms with Gasteiger partial charge in [0.05, 0.1) is 11.4 Å². The lowest BCUT2D eigenvalue weighted by Crippen LogP contribution is -2.54. The van der Waals surface area contributed by atoms with Gasteiger partial charge in [-0.05, 0) is 31.2 Å². The predicted molar refractivity (Wildman–Crippen MR) is 110 cm³/mol. The maximum atomic E-state index is 12.6. The summed E-state index contributed by atoms with van der Waals surface area (Å²) >= 11 is 0. The number of benzene rings is 1. The van der Waals surface area contributed by atoms with Crippen LogP contribution in [0.25, 0.3) is 0 Å². The van der Waals surface area contributed by atoms with Crippen LogP contribution in [0.2, 0.25) is 0 Å². The molecule has 1 amide bonds. The van der Waals surface area contributed by atoms with Crippen LogP contribution in [0.15, 0.2) is 29.2 Å². The molecule has 2 rings (SSSR count). The number of rotatable bonds is 8. The Kier molecular flexibility index (Phi) is 8.01. The molecule has 1 aliphatic rings. The van der Waals surface area contributed by atoms with Gasteiger partial charge in [0.15, 0.2) is 0 Å². The van der Waals surface area contributed by atoms with Gasteiger partial charge in [0.2, 0.25) is 10.0 Å². The zero-order valence-corrected chi connectivity index (χ0v) is 17.6.